The van der Waals surface area contributed by atoms with Crippen molar-refractivity contribution in [3.63, 3.8) is 0 Å². The van der Waals surface area contributed by atoms with Crippen LogP contribution in [0.3, 0.4) is 0 Å². The molecule has 0 aromatic rings. The molecule has 2 saturated carbocycles. The fourth-order valence-corrected chi connectivity index (χ4v) is 8.35. The van der Waals surface area contributed by atoms with Crippen molar-refractivity contribution in [2.75, 3.05) is 19.3 Å². The second kappa shape index (κ2) is 7.13. The van der Waals surface area contributed by atoms with Crippen molar-refractivity contribution in [1.82, 2.24) is 9.80 Å². The van der Waals surface area contributed by atoms with Gasteiger partial charge in [0.2, 0.25) is 0 Å². The third-order valence-electron chi connectivity index (χ3n) is 9.67. The van der Waals surface area contributed by atoms with E-state index in [1.165, 1.54) is 51.6 Å². The van der Waals surface area contributed by atoms with E-state index in [4.69, 9.17) is 0 Å². The maximum absolute atomic E-state index is 2.90. The number of thioether (sulfide) groups is 1. The molecule has 2 heterocycles. The van der Waals surface area contributed by atoms with Gasteiger partial charge in [0.1, 0.15) is 0 Å². The highest BCUT2D eigenvalue weighted by atomic mass is 32.2. The molecule has 4 fully saturated rings. The van der Waals surface area contributed by atoms with Crippen LogP contribution in [0.2, 0.25) is 0 Å². The highest BCUT2D eigenvalue weighted by molar-refractivity contribution is 7.99. The van der Waals surface area contributed by atoms with Crippen LogP contribution in [-0.4, -0.2) is 52.1 Å². The minimum Gasteiger partial charge on any atom is -0.294 e. The van der Waals surface area contributed by atoms with E-state index in [0.29, 0.717) is 27.0 Å². The van der Waals surface area contributed by atoms with Crippen molar-refractivity contribution in [2.24, 2.45) is 27.6 Å². The smallest absolute Gasteiger partial charge is 0.0529 e. The Morgan fingerprint density at radius 3 is 2.03 bits per heavy atom. The topological polar surface area (TPSA) is 6.48 Å². The predicted octanol–water partition coefficient (Wildman–Crippen LogP) is 6.89. The molecule has 0 N–H and O–H groups in total. The molecule has 2 aliphatic heterocycles. The third kappa shape index (κ3) is 3.92. The summed E-state index contributed by atoms with van der Waals surface area (Å²) in [7, 11) is 0. The largest absolute Gasteiger partial charge is 0.294 e. The van der Waals surface area contributed by atoms with E-state index in [0.717, 1.165) is 18.0 Å². The lowest BCUT2D eigenvalue weighted by Crippen LogP contribution is -2.49. The molecule has 2 nitrogen and oxygen atoms in total. The predicted molar refractivity (Wildman–Crippen MR) is 133 cm³/mol. The Kier molecular flexibility index (Phi) is 5.57. The molecule has 0 aromatic heterocycles. The summed E-state index contributed by atoms with van der Waals surface area (Å²) in [5, 5.41) is 0.663. The molecule has 0 bridgehead atoms. The number of hydrogen-bond donors (Lipinski definition) is 0. The minimum atomic E-state index is 0.276. The van der Waals surface area contributed by atoms with E-state index in [2.05, 4.69) is 78.4 Å². The standard InChI is InChI=1S/C27H50N2S/c1-19(30-10)28-14-13-26(11-12-26)22(28)25(8,9)15-20-16-27(20)17-21(23(2,3)4)29(18-27)24(5,6)7/h19-22H,11-18H2,1-10H3. The van der Waals surface area contributed by atoms with Gasteiger partial charge in [-0.2, -0.15) is 0 Å². The van der Waals surface area contributed by atoms with Crippen LogP contribution in [0.1, 0.15) is 101 Å². The Bertz CT molecular complexity index is 629. The van der Waals surface area contributed by atoms with E-state index in [1.54, 1.807) is 0 Å². The molecule has 0 amide bonds. The van der Waals surface area contributed by atoms with Crippen LogP contribution >= 0.6 is 11.8 Å². The van der Waals surface area contributed by atoms with Crippen LogP contribution in [0, 0.1) is 27.6 Å². The van der Waals surface area contributed by atoms with Crippen LogP contribution in [0.5, 0.6) is 0 Å². The molecule has 5 atom stereocenters. The Morgan fingerprint density at radius 2 is 1.57 bits per heavy atom. The highest BCUT2D eigenvalue weighted by Gasteiger charge is 2.66. The van der Waals surface area contributed by atoms with E-state index in [1.807, 2.05) is 11.8 Å². The molecule has 2 saturated heterocycles. The van der Waals surface area contributed by atoms with Gasteiger partial charge >= 0.3 is 0 Å². The van der Waals surface area contributed by atoms with Gasteiger partial charge in [-0.3, -0.25) is 9.80 Å². The van der Waals surface area contributed by atoms with Crippen molar-refractivity contribution < 1.29 is 0 Å². The van der Waals surface area contributed by atoms with Gasteiger partial charge in [0, 0.05) is 30.7 Å². The quantitative estimate of drug-likeness (QED) is 0.465. The first-order valence-electron chi connectivity index (χ1n) is 12.7. The Balaban J connectivity index is 1.50. The maximum Gasteiger partial charge on any atom is 0.0529 e. The summed E-state index contributed by atoms with van der Waals surface area (Å²) in [6, 6.07) is 1.52. The molecule has 174 valence electrons. The van der Waals surface area contributed by atoms with Gasteiger partial charge in [0.15, 0.2) is 0 Å². The number of nitrogens with zero attached hydrogens (tertiary/aromatic N) is 2. The summed E-state index contributed by atoms with van der Waals surface area (Å²) < 4.78 is 0. The lowest BCUT2D eigenvalue weighted by Gasteiger charge is -2.44. The SMILES string of the molecule is CSC(C)N1CCC2(CC2)C1C(C)(C)CC1CC12CC(C(C)(C)C)N(C(C)(C)C)C2. The molecular formula is C27H50N2S. The summed E-state index contributed by atoms with van der Waals surface area (Å²) in [5.41, 5.74) is 2.34. The monoisotopic (exact) mass is 434 g/mol. The van der Waals surface area contributed by atoms with Crippen molar-refractivity contribution in [1.29, 1.82) is 0 Å². The summed E-state index contributed by atoms with van der Waals surface area (Å²) in [4.78, 5) is 5.78. The normalized spacial score (nSPS) is 38.0. The summed E-state index contributed by atoms with van der Waals surface area (Å²) >= 11 is 2.05. The molecular weight excluding hydrogens is 384 g/mol. The molecule has 2 spiro atoms. The third-order valence-corrected chi connectivity index (χ3v) is 10.6. The lowest BCUT2D eigenvalue weighted by atomic mass is 9.71. The second-order valence-electron chi connectivity index (χ2n) is 14.4. The van der Waals surface area contributed by atoms with Crippen LogP contribution < -0.4 is 0 Å². The van der Waals surface area contributed by atoms with E-state index < -0.39 is 0 Å². The van der Waals surface area contributed by atoms with Gasteiger partial charge in [0.05, 0.1) is 5.37 Å². The summed E-state index contributed by atoms with van der Waals surface area (Å²) in [6.45, 7) is 25.1. The van der Waals surface area contributed by atoms with Crippen LogP contribution in [0.15, 0.2) is 0 Å². The number of hydrogen-bond acceptors (Lipinski definition) is 3. The van der Waals surface area contributed by atoms with E-state index in [9.17, 15) is 0 Å². The first-order chi connectivity index (χ1) is 13.7. The Morgan fingerprint density at radius 1 is 0.933 bits per heavy atom. The van der Waals surface area contributed by atoms with Crippen molar-refractivity contribution in [3.8, 4) is 0 Å². The lowest BCUT2D eigenvalue weighted by molar-refractivity contribution is 0.0559. The highest BCUT2D eigenvalue weighted by Crippen LogP contribution is 2.69. The molecule has 5 unspecified atom stereocenters. The maximum atomic E-state index is 2.90. The number of rotatable bonds is 5. The zero-order valence-electron chi connectivity index (χ0n) is 21.8. The van der Waals surface area contributed by atoms with Crippen LogP contribution in [0.25, 0.3) is 0 Å². The zero-order chi connectivity index (χ0) is 22.3. The zero-order valence-corrected chi connectivity index (χ0v) is 22.6. The fourth-order valence-electron chi connectivity index (χ4n) is 7.86. The Labute approximate surface area is 192 Å². The van der Waals surface area contributed by atoms with Gasteiger partial charge in [0.25, 0.3) is 0 Å². The van der Waals surface area contributed by atoms with Crippen molar-refractivity contribution in [3.05, 3.63) is 0 Å². The second-order valence-corrected chi connectivity index (χ2v) is 15.6. The first-order valence-corrected chi connectivity index (χ1v) is 14.0. The molecule has 4 aliphatic rings. The molecule has 0 aromatic carbocycles. The fraction of sp³-hybridized carbons (Fsp3) is 1.00. The minimum absolute atomic E-state index is 0.276. The summed E-state index contributed by atoms with van der Waals surface area (Å²) in [6.07, 6.45) is 11.1. The molecule has 0 radical (unpaired) electrons. The molecule has 3 heteroatoms. The summed E-state index contributed by atoms with van der Waals surface area (Å²) in [5.74, 6) is 0.938. The average Bonchev–Trinajstić information content (AvgIpc) is 3.36. The molecule has 30 heavy (non-hydrogen) atoms. The average molecular weight is 435 g/mol. The van der Waals surface area contributed by atoms with Gasteiger partial charge in [-0.1, -0.05) is 34.6 Å². The van der Waals surface area contributed by atoms with Gasteiger partial charge < -0.3 is 0 Å². The van der Waals surface area contributed by atoms with Gasteiger partial charge in [-0.15, -0.1) is 11.8 Å². The van der Waals surface area contributed by atoms with E-state index in [-0.39, 0.29) is 5.54 Å². The van der Waals surface area contributed by atoms with Crippen molar-refractivity contribution in [2.45, 2.75) is 124 Å². The number of likely N-dealkylation sites (tertiary alicyclic amines) is 2. The molecule has 2 aliphatic carbocycles. The van der Waals surface area contributed by atoms with Crippen molar-refractivity contribution >= 4 is 11.8 Å². The Hall–Kier alpha value is 0.270. The van der Waals surface area contributed by atoms with Crippen LogP contribution in [-0.2, 0) is 0 Å². The first kappa shape index (κ1) is 23.4. The van der Waals surface area contributed by atoms with Crippen LogP contribution in [0.4, 0.5) is 0 Å². The van der Waals surface area contributed by atoms with E-state index >= 15 is 0 Å². The molecule has 4 rings (SSSR count). The van der Waals surface area contributed by atoms with Gasteiger partial charge in [-0.25, -0.2) is 0 Å². The van der Waals surface area contributed by atoms with Gasteiger partial charge in [-0.05, 0) is 100 Å².